The van der Waals surface area contributed by atoms with Crippen molar-refractivity contribution in [2.24, 2.45) is 17.3 Å². The van der Waals surface area contributed by atoms with Gasteiger partial charge < -0.3 is 26.2 Å². The van der Waals surface area contributed by atoms with E-state index in [9.17, 15) is 28.8 Å². The molecule has 250 valence electrons. The molecule has 11 nitrogen and oxygen atoms in total. The van der Waals surface area contributed by atoms with E-state index in [0.29, 0.717) is 25.8 Å². The average Bonchev–Trinajstić information content (AvgIpc) is 3.71. The molecule has 0 radical (unpaired) electrons. The molecule has 0 aromatic rings. The molecule has 1 heterocycles. The van der Waals surface area contributed by atoms with Crippen LogP contribution in [0.5, 0.6) is 0 Å². The molecule has 1 aliphatic carbocycles. The lowest BCUT2D eigenvalue weighted by molar-refractivity contribution is -0.143. The second-order valence-electron chi connectivity index (χ2n) is 13.2. The molecule has 0 aromatic carbocycles. The molecular formula is C33H57N5O6. The Morgan fingerprint density at radius 2 is 1.52 bits per heavy atom. The van der Waals surface area contributed by atoms with E-state index in [2.05, 4.69) is 41.7 Å². The number of ketones is 2. The van der Waals surface area contributed by atoms with Crippen LogP contribution in [0.1, 0.15) is 107 Å². The molecule has 44 heavy (non-hydrogen) atoms. The number of likely N-dealkylation sites (tertiary alicyclic amines) is 1. The monoisotopic (exact) mass is 619 g/mol. The standard InChI is InChI=1S/C29H47N5O6.C4H10/c1-8-11-19(23(36)26(38)30-15-9-2)31-25(37)20-12-10-16-34(20)27(39)24(29(5,6)7)33-28(40)32-21(17(3)4)22(35)18-13-14-18;1-3-4-2/h9,17-21,24H,2,8,10-16H2,1,3-7H3,(H,30,38)(H,31,37)(H2,32,33,40);3-4H2,1-2H3. The van der Waals surface area contributed by atoms with Crippen LogP contribution in [0.3, 0.4) is 0 Å². The van der Waals surface area contributed by atoms with Gasteiger partial charge in [0.25, 0.3) is 5.91 Å². The molecule has 0 bridgehead atoms. The van der Waals surface area contributed by atoms with Gasteiger partial charge in [-0.25, -0.2) is 4.79 Å². The zero-order valence-corrected chi connectivity index (χ0v) is 28.2. The van der Waals surface area contributed by atoms with Crippen LogP contribution in [0, 0.1) is 17.3 Å². The van der Waals surface area contributed by atoms with Crippen LogP contribution in [0.25, 0.3) is 0 Å². The van der Waals surface area contributed by atoms with E-state index in [1.807, 2.05) is 41.5 Å². The first-order valence-corrected chi connectivity index (χ1v) is 16.3. The van der Waals surface area contributed by atoms with Gasteiger partial charge in [0.2, 0.25) is 17.6 Å². The minimum absolute atomic E-state index is 0.00872. The number of hydrogen-bond acceptors (Lipinski definition) is 6. The molecule has 1 saturated heterocycles. The predicted molar refractivity (Wildman–Crippen MR) is 172 cm³/mol. The molecule has 2 aliphatic rings. The number of nitrogens with zero attached hydrogens (tertiary/aromatic N) is 1. The van der Waals surface area contributed by atoms with Gasteiger partial charge in [0.15, 0.2) is 5.78 Å². The van der Waals surface area contributed by atoms with Crippen molar-refractivity contribution in [2.75, 3.05) is 13.1 Å². The summed E-state index contributed by atoms with van der Waals surface area (Å²) in [4.78, 5) is 79.1. The number of rotatable bonds is 15. The lowest BCUT2D eigenvalue weighted by Gasteiger charge is -2.36. The van der Waals surface area contributed by atoms with Crippen LogP contribution in [0.4, 0.5) is 4.79 Å². The third-order valence-corrected chi connectivity index (χ3v) is 7.81. The van der Waals surface area contributed by atoms with Gasteiger partial charge in [-0.1, -0.05) is 80.7 Å². The fourth-order valence-corrected chi connectivity index (χ4v) is 4.86. The van der Waals surface area contributed by atoms with Crippen molar-refractivity contribution in [3.05, 3.63) is 12.7 Å². The van der Waals surface area contributed by atoms with Crippen molar-refractivity contribution >= 4 is 35.3 Å². The van der Waals surface area contributed by atoms with Gasteiger partial charge in [-0.2, -0.15) is 0 Å². The summed E-state index contributed by atoms with van der Waals surface area (Å²) in [7, 11) is 0. The van der Waals surface area contributed by atoms with Crippen molar-refractivity contribution < 1.29 is 28.8 Å². The zero-order chi connectivity index (χ0) is 33.6. The van der Waals surface area contributed by atoms with E-state index in [1.54, 1.807) is 0 Å². The topological polar surface area (TPSA) is 154 Å². The molecule has 2 fully saturated rings. The number of nitrogens with one attached hydrogen (secondary N) is 4. The van der Waals surface area contributed by atoms with Crippen molar-refractivity contribution in [3.8, 4) is 0 Å². The first kappa shape index (κ1) is 38.8. The zero-order valence-electron chi connectivity index (χ0n) is 28.2. The molecule has 4 unspecified atom stereocenters. The van der Waals surface area contributed by atoms with Crippen LogP contribution >= 0.6 is 0 Å². The van der Waals surface area contributed by atoms with Crippen LogP contribution in [0.15, 0.2) is 12.7 Å². The fourth-order valence-electron chi connectivity index (χ4n) is 4.86. The van der Waals surface area contributed by atoms with E-state index in [-0.39, 0.29) is 30.6 Å². The van der Waals surface area contributed by atoms with Gasteiger partial charge in [0.1, 0.15) is 12.1 Å². The van der Waals surface area contributed by atoms with Crippen molar-refractivity contribution in [3.63, 3.8) is 0 Å². The summed E-state index contributed by atoms with van der Waals surface area (Å²) >= 11 is 0. The molecule has 11 heteroatoms. The summed E-state index contributed by atoms with van der Waals surface area (Å²) in [6.45, 7) is 19.3. The molecule has 1 aliphatic heterocycles. The smallest absolute Gasteiger partial charge is 0.316 e. The summed E-state index contributed by atoms with van der Waals surface area (Å²) in [5.74, 6) is -2.60. The highest BCUT2D eigenvalue weighted by Crippen LogP contribution is 2.32. The third kappa shape index (κ3) is 12.0. The fraction of sp³-hybridized carbons (Fsp3) is 0.758. The highest BCUT2D eigenvalue weighted by molar-refractivity contribution is 6.38. The van der Waals surface area contributed by atoms with Gasteiger partial charge in [0.05, 0.1) is 12.1 Å². The Kier molecular flexibility index (Phi) is 16.3. The van der Waals surface area contributed by atoms with E-state index in [0.717, 1.165) is 12.8 Å². The van der Waals surface area contributed by atoms with E-state index < -0.39 is 59.1 Å². The first-order valence-electron chi connectivity index (χ1n) is 16.3. The average molecular weight is 620 g/mol. The van der Waals surface area contributed by atoms with Gasteiger partial charge in [-0.3, -0.25) is 24.0 Å². The highest BCUT2D eigenvalue weighted by atomic mass is 16.2. The maximum atomic E-state index is 13.8. The normalized spacial score (nSPS) is 18.2. The second kappa shape index (κ2) is 18.5. The molecule has 5 amide bonds. The largest absolute Gasteiger partial charge is 0.346 e. The minimum Gasteiger partial charge on any atom is -0.346 e. The van der Waals surface area contributed by atoms with Gasteiger partial charge in [0, 0.05) is 19.0 Å². The summed E-state index contributed by atoms with van der Waals surface area (Å²) in [6, 6.07) is -4.09. The number of hydrogen-bond donors (Lipinski definition) is 4. The Hall–Kier alpha value is -3.24. The van der Waals surface area contributed by atoms with Crippen molar-refractivity contribution in [2.45, 2.75) is 131 Å². The lowest BCUT2D eigenvalue weighted by Crippen LogP contribution is -2.61. The maximum Gasteiger partial charge on any atom is 0.316 e. The van der Waals surface area contributed by atoms with Gasteiger partial charge >= 0.3 is 6.03 Å². The van der Waals surface area contributed by atoms with E-state index in [1.165, 1.54) is 23.8 Å². The van der Waals surface area contributed by atoms with E-state index in [4.69, 9.17) is 0 Å². The second-order valence-corrected chi connectivity index (χ2v) is 13.2. The quantitative estimate of drug-likeness (QED) is 0.162. The Balaban J connectivity index is 0.00000227. The summed E-state index contributed by atoms with van der Waals surface area (Å²) in [5.41, 5.74) is -0.699. The van der Waals surface area contributed by atoms with Crippen LogP contribution in [-0.2, 0) is 24.0 Å². The Bertz CT molecular complexity index is 1010. The van der Waals surface area contributed by atoms with Gasteiger partial charge in [-0.05, 0) is 43.4 Å². The van der Waals surface area contributed by atoms with Crippen LogP contribution in [0.2, 0.25) is 0 Å². The molecule has 1 saturated carbocycles. The third-order valence-electron chi connectivity index (χ3n) is 7.81. The lowest BCUT2D eigenvalue weighted by atomic mass is 9.85. The number of carbonyl (C=O) groups excluding carboxylic acids is 6. The van der Waals surface area contributed by atoms with Crippen molar-refractivity contribution in [1.29, 1.82) is 0 Å². The number of Topliss-reactive ketones (excluding diaryl/α,β-unsaturated/α-hetero) is 2. The highest BCUT2D eigenvalue weighted by Gasteiger charge is 2.43. The van der Waals surface area contributed by atoms with Gasteiger partial charge in [-0.15, -0.1) is 6.58 Å². The molecule has 0 spiro atoms. The molecule has 0 aromatic heterocycles. The Morgan fingerprint density at radius 3 is 2.00 bits per heavy atom. The van der Waals surface area contributed by atoms with Crippen molar-refractivity contribution in [1.82, 2.24) is 26.2 Å². The molecule has 4 N–H and O–H groups in total. The Morgan fingerprint density at radius 1 is 0.909 bits per heavy atom. The Labute approximate surface area is 264 Å². The first-order chi connectivity index (χ1) is 20.6. The SMILES string of the molecule is C=CCNC(=O)C(=O)C(CCC)NC(=O)C1CCCN1C(=O)C(NC(=O)NC(C(=O)C1CC1)C(C)C)C(C)(C)C.CCCC. The predicted octanol–water partition coefficient (Wildman–Crippen LogP) is 3.66. The number of urea groups is 1. The van der Waals surface area contributed by atoms with E-state index >= 15 is 0 Å². The van der Waals surface area contributed by atoms with Crippen LogP contribution in [-0.4, -0.2) is 77.5 Å². The molecule has 4 atom stereocenters. The summed E-state index contributed by atoms with van der Waals surface area (Å²) in [6.07, 6.45) is 7.55. The molecular weight excluding hydrogens is 562 g/mol. The number of amides is 5. The number of carbonyl (C=O) groups is 6. The summed E-state index contributed by atoms with van der Waals surface area (Å²) < 4.78 is 0. The summed E-state index contributed by atoms with van der Waals surface area (Å²) in [5, 5.41) is 10.7. The van der Waals surface area contributed by atoms with Crippen LogP contribution < -0.4 is 21.3 Å². The minimum atomic E-state index is -1.01. The maximum absolute atomic E-state index is 13.8. The number of unbranched alkanes of at least 4 members (excludes halogenated alkanes) is 1. The molecule has 2 rings (SSSR count).